The van der Waals surface area contributed by atoms with E-state index < -0.39 is 5.60 Å². The van der Waals surface area contributed by atoms with Crippen LogP contribution in [0.3, 0.4) is 0 Å². The number of rotatable bonds is 5. The summed E-state index contributed by atoms with van der Waals surface area (Å²) in [5.41, 5.74) is 1.32. The van der Waals surface area contributed by atoms with Gasteiger partial charge in [0.1, 0.15) is 17.2 Å². The molecule has 1 heterocycles. The molecule has 0 radical (unpaired) electrons. The van der Waals surface area contributed by atoms with Crippen molar-refractivity contribution in [1.29, 1.82) is 0 Å². The largest absolute Gasteiger partial charge is 0.444 e. The first kappa shape index (κ1) is 21.9. The number of carbonyl (C=O) groups is 1. The maximum Gasteiger partial charge on any atom is 0.411 e. The Balaban J connectivity index is 1.76. The zero-order chi connectivity index (χ0) is 21.9. The van der Waals surface area contributed by atoms with Gasteiger partial charge in [0.05, 0.1) is 6.61 Å². The lowest BCUT2D eigenvalue weighted by Crippen LogP contribution is -2.69. The van der Waals surface area contributed by atoms with E-state index in [4.69, 9.17) is 9.47 Å². The Morgan fingerprint density at radius 3 is 2.16 bits per heavy atom. The molecule has 2 aromatic rings. The van der Waals surface area contributed by atoms with Crippen molar-refractivity contribution in [2.75, 3.05) is 6.61 Å². The zero-order valence-electron chi connectivity index (χ0n) is 19.0. The smallest absolute Gasteiger partial charge is 0.411 e. The average molecular weight is 422 g/mol. The molecule has 2 atom stereocenters. The van der Waals surface area contributed by atoms with Crippen molar-refractivity contribution in [2.24, 2.45) is 5.92 Å². The second-order valence-corrected chi connectivity index (χ2v) is 9.98. The van der Waals surface area contributed by atoms with Crippen LogP contribution in [0.5, 0.6) is 0 Å². The summed E-state index contributed by atoms with van der Waals surface area (Å²) in [4.78, 5) is 15.7. The van der Waals surface area contributed by atoms with Gasteiger partial charge in [-0.15, -0.1) is 0 Å². The molecule has 1 saturated carbocycles. The molecule has 1 aliphatic heterocycles. The number of carbonyl (C=O) groups excluding carboxylic acids is 1. The summed E-state index contributed by atoms with van der Waals surface area (Å²) < 4.78 is 12.2. The molecule has 0 bridgehead atoms. The van der Waals surface area contributed by atoms with Gasteiger partial charge < -0.3 is 9.47 Å². The van der Waals surface area contributed by atoms with Crippen LogP contribution < -0.4 is 0 Å². The predicted octanol–water partition coefficient (Wildman–Crippen LogP) is 6.51. The molecule has 0 unspecified atom stereocenters. The zero-order valence-corrected chi connectivity index (χ0v) is 19.0. The van der Waals surface area contributed by atoms with Gasteiger partial charge in [-0.05, 0) is 50.7 Å². The third kappa shape index (κ3) is 4.64. The topological polar surface area (TPSA) is 38.8 Å². The van der Waals surface area contributed by atoms with Crippen LogP contribution in [0.15, 0.2) is 60.7 Å². The Bertz CT molecular complexity index is 855. The predicted molar refractivity (Wildman–Crippen MR) is 123 cm³/mol. The first-order valence-electron chi connectivity index (χ1n) is 11.6. The minimum absolute atomic E-state index is 0.131. The van der Waals surface area contributed by atoms with Gasteiger partial charge in [0.25, 0.3) is 0 Å². The Morgan fingerprint density at radius 1 is 1.00 bits per heavy atom. The third-order valence-electron chi connectivity index (χ3n) is 6.65. The van der Waals surface area contributed by atoms with E-state index in [0.29, 0.717) is 19.1 Å². The minimum Gasteiger partial charge on any atom is -0.444 e. The van der Waals surface area contributed by atoms with Gasteiger partial charge in [0.15, 0.2) is 0 Å². The number of amides is 1. The van der Waals surface area contributed by atoms with Crippen LogP contribution in [0.2, 0.25) is 0 Å². The van der Waals surface area contributed by atoms with Crippen LogP contribution in [0.4, 0.5) is 4.79 Å². The maximum atomic E-state index is 13.7. The Hall–Kier alpha value is -2.33. The summed E-state index contributed by atoms with van der Waals surface area (Å²) in [7, 11) is 0. The fraction of sp³-hybridized carbons (Fsp3) is 0.519. The molecule has 2 aliphatic rings. The van der Waals surface area contributed by atoms with Crippen LogP contribution in [0, 0.1) is 5.92 Å². The SMILES string of the molecule is CC(C)(C)OC(=O)N(Cc1ccccc1)[C@@]1(C2CCCCC2)CO[C@@H]1c1ccccc1. The molecule has 2 aromatic carbocycles. The summed E-state index contributed by atoms with van der Waals surface area (Å²) >= 11 is 0. The van der Waals surface area contributed by atoms with Gasteiger partial charge in [0, 0.05) is 6.54 Å². The van der Waals surface area contributed by atoms with Crippen molar-refractivity contribution in [1.82, 2.24) is 4.90 Å². The van der Waals surface area contributed by atoms with Gasteiger partial charge in [-0.1, -0.05) is 79.9 Å². The maximum absolute atomic E-state index is 13.7. The van der Waals surface area contributed by atoms with Crippen molar-refractivity contribution in [3.63, 3.8) is 0 Å². The number of benzene rings is 2. The first-order valence-corrected chi connectivity index (χ1v) is 11.6. The van der Waals surface area contributed by atoms with Crippen molar-refractivity contribution in [2.45, 2.75) is 76.7 Å². The summed E-state index contributed by atoms with van der Waals surface area (Å²) in [6, 6.07) is 20.6. The molecule has 2 fully saturated rings. The van der Waals surface area contributed by atoms with E-state index in [1.165, 1.54) is 19.3 Å². The fourth-order valence-electron chi connectivity index (χ4n) is 5.19. The van der Waals surface area contributed by atoms with Gasteiger partial charge in [-0.25, -0.2) is 4.79 Å². The molecule has 0 spiro atoms. The lowest BCUT2D eigenvalue weighted by molar-refractivity contribution is -0.230. The summed E-state index contributed by atoms with van der Waals surface area (Å²) in [5.74, 6) is 0.399. The number of hydrogen-bond acceptors (Lipinski definition) is 3. The molecule has 1 aliphatic carbocycles. The number of ether oxygens (including phenoxy) is 2. The van der Waals surface area contributed by atoms with Crippen molar-refractivity contribution >= 4 is 6.09 Å². The van der Waals surface area contributed by atoms with Crippen LogP contribution in [-0.2, 0) is 16.0 Å². The average Bonchev–Trinajstić information content (AvgIpc) is 2.74. The molecule has 0 aromatic heterocycles. The molecule has 4 rings (SSSR count). The van der Waals surface area contributed by atoms with E-state index >= 15 is 0 Å². The quantitative estimate of drug-likeness (QED) is 0.552. The molecule has 31 heavy (non-hydrogen) atoms. The van der Waals surface area contributed by atoms with E-state index in [-0.39, 0.29) is 17.7 Å². The highest BCUT2D eigenvalue weighted by atomic mass is 16.6. The van der Waals surface area contributed by atoms with Crippen molar-refractivity contribution in [3.8, 4) is 0 Å². The normalized spacial score (nSPS) is 24.3. The Morgan fingerprint density at radius 2 is 1.61 bits per heavy atom. The highest BCUT2D eigenvalue weighted by Crippen LogP contribution is 2.53. The number of nitrogens with zero attached hydrogens (tertiary/aromatic N) is 1. The Kier molecular flexibility index (Phi) is 6.38. The van der Waals surface area contributed by atoms with Gasteiger partial charge in [0.2, 0.25) is 0 Å². The molecule has 4 heteroatoms. The van der Waals surface area contributed by atoms with Crippen LogP contribution in [0.1, 0.15) is 70.1 Å². The standard InChI is InChI=1S/C27H35NO3/c1-26(2,3)31-25(29)28(19-21-13-7-4-8-14-21)27(23-17-11-6-12-18-23)20-30-24(27)22-15-9-5-10-16-22/h4-5,7-10,13-16,23-24H,6,11-12,17-20H2,1-3H3/t24-,27-/m1/s1. The monoisotopic (exact) mass is 421 g/mol. The van der Waals surface area contributed by atoms with E-state index in [2.05, 4.69) is 36.4 Å². The van der Waals surface area contributed by atoms with Crippen molar-refractivity contribution in [3.05, 3.63) is 71.8 Å². The highest BCUT2D eigenvalue weighted by molar-refractivity contribution is 5.70. The molecular formula is C27H35NO3. The molecule has 166 valence electrons. The van der Waals surface area contributed by atoms with E-state index in [1.54, 1.807) is 0 Å². The molecule has 4 nitrogen and oxygen atoms in total. The van der Waals surface area contributed by atoms with E-state index in [1.807, 2.05) is 49.9 Å². The second-order valence-electron chi connectivity index (χ2n) is 9.98. The van der Waals surface area contributed by atoms with Gasteiger partial charge in [-0.3, -0.25) is 4.90 Å². The van der Waals surface area contributed by atoms with Crippen LogP contribution >= 0.6 is 0 Å². The van der Waals surface area contributed by atoms with E-state index in [9.17, 15) is 4.79 Å². The summed E-state index contributed by atoms with van der Waals surface area (Å²) in [5, 5.41) is 0. The second kappa shape index (κ2) is 9.04. The van der Waals surface area contributed by atoms with Crippen molar-refractivity contribution < 1.29 is 14.3 Å². The lowest BCUT2D eigenvalue weighted by atomic mass is 9.66. The van der Waals surface area contributed by atoms with Gasteiger partial charge >= 0.3 is 6.09 Å². The Labute approximate surface area is 186 Å². The molecular weight excluding hydrogens is 386 g/mol. The van der Waals surface area contributed by atoms with E-state index in [0.717, 1.165) is 24.0 Å². The molecule has 1 amide bonds. The van der Waals surface area contributed by atoms with Crippen LogP contribution in [-0.4, -0.2) is 28.7 Å². The fourth-order valence-corrected chi connectivity index (χ4v) is 5.19. The summed E-state index contributed by atoms with van der Waals surface area (Å²) in [6.45, 7) is 6.89. The highest BCUT2D eigenvalue weighted by Gasteiger charge is 2.60. The third-order valence-corrected chi connectivity index (χ3v) is 6.65. The molecule has 0 N–H and O–H groups in total. The first-order chi connectivity index (χ1) is 14.9. The lowest BCUT2D eigenvalue weighted by Gasteiger charge is -2.59. The van der Waals surface area contributed by atoms with Crippen LogP contribution in [0.25, 0.3) is 0 Å². The molecule has 1 saturated heterocycles. The number of hydrogen-bond donors (Lipinski definition) is 0. The van der Waals surface area contributed by atoms with Gasteiger partial charge in [-0.2, -0.15) is 0 Å². The summed E-state index contributed by atoms with van der Waals surface area (Å²) in [6.07, 6.45) is 5.57. The minimum atomic E-state index is -0.549.